The van der Waals surface area contributed by atoms with E-state index in [1.54, 1.807) is 6.20 Å². The maximum atomic E-state index is 5.81. The summed E-state index contributed by atoms with van der Waals surface area (Å²) in [6.45, 7) is 4.47. The fourth-order valence-electron chi connectivity index (χ4n) is 5.81. The number of aromatic nitrogens is 1. The molecule has 4 aliphatic rings. The van der Waals surface area contributed by atoms with Crippen molar-refractivity contribution in [1.29, 1.82) is 0 Å². The van der Waals surface area contributed by atoms with E-state index in [1.165, 1.54) is 38.5 Å². The normalized spacial score (nSPS) is 38.5. The molecule has 0 aromatic carbocycles. The van der Waals surface area contributed by atoms with Crippen molar-refractivity contribution < 1.29 is 0 Å². The van der Waals surface area contributed by atoms with Gasteiger partial charge in [0.2, 0.25) is 0 Å². The third-order valence-electron chi connectivity index (χ3n) is 6.46. The smallest absolute Gasteiger partial charge is 0.129 e. The van der Waals surface area contributed by atoms with Crippen LogP contribution in [0.25, 0.3) is 0 Å². The van der Waals surface area contributed by atoms with Crippen LogP contribution in [0.1, 0.15) is 51.0 Å². The fraction of sp³-hybridized carbons (Fsp3) is 0.722. The first-order valence-electron chi connectivity index (χ1n) is 8.53. The minimum Gasteiger partial charge on any atom is -0.397 e. The highest BCUT2D eigenvalue weighted by Gasteiger charge is 2.53. The lowest BCUT2D eigenvalue weighted by atomic mass is 9.48. The number of nitrogens with two attached hydrogens (primary N) is 1. The number of hydrogen-bond acceptors (Lipinski definition) is 3. The first kappa shape index (κ1) is 13.4. The van der Waals surface area contributed by atoms with Crippen LogP contribution < -0.4 is 11.1 Å². The highest BCUT2D eigenvalue weighted by molar-refractivity contribution is 5.51. The maximum Gasteiger partial charge on any atom is 0.129 e. The predicted octanol–water partition coefficient (Wildman–Crippen LogP) is 3.99. The second-order valence-electron chi connectivity index (χ2n) is 8.08. The van der Waals surface area contributed by atoms with Gasteiger partial charge in [-0.05, 0) is 87.2 Å². The van der Waals surface area contributed by atoms with Gasteiger partial charge < -0.3 is 11.1 Å². The molecule has 0 amide bonds. The first-order chi connectivity index (χ1) is 10.0. The summed E-state index contributed by atoms with van der Waals surface area (Å²) in [5.74, 6) is 4.02. The minimum atomic E-state index is 0.515. The second-order valence-corrected chi connectivity index (χ2v) is 8.08. The number of pyridine rings is 1. The lowest BCUT2D eigenvalue weighted by Crippen LogP contribution is -2.53. The molecule has 4 fully saturated rings. The minimum absolute atomic E-state index is 0.515. The van der Waals surface area contributed by atoms with E-state index < -0.39 is 0 Å². The first-order valence-corrected chi connectivity index (χ1v) is 8.53. The predicted molar refractivity (Wildman–Crippen MR) is 87.1 cm³/mol. The third kappa shape index (κ3) is 2.21. The van der Waals surface area contributed by atoms with Gasteiger partial charge in [0.15, 0.2) is 0 Å². The molecular formula is C18H27N3. The van der Waals surface area contributed by atoms with Gasteiger partial charge >= 0.3 is 0 Å². The Kier molecular flexibility index (Phi) is 2.95. The Morgan fingerprint density at radius 3 is 2.29 bits per heavy atom. The highest BCUT2D eigenvalue weighted by Crippen LogP contribution is 2.61. The molecule has 114 valence electrons. The van der Waals surface area contributed by atoms with E-state index in [2.05, 4.69) is 24.1 Å². The number of hydrogen-bond donors (Lipinski definition) is 2. The van der Waals surface area contributed by atoms with Crippen LogP contribution in [0.3, 0.4) is 0 Å². The summed E-state index contributed by atoms with van der Waals surface area (Å²) in [5.41, 5.74) is 8.24. The Labute approximate surface area is 127 Å². The van der Waals surface area contributed by atoms with Crippen molar-refractivity contribution in [3.63, 3.8) is 0 Å². The molecule has 5 rings (SSSR count). The van der Waals surface area contributed by atoms with Crippen LogP contribution in [-0.2, 0) is 0 Å². The zero-order chi connectivity index (χ0) is 14.6. The molecule has 3 nitrogen and oxygen atoms in total. The lowest BCUT2D eigenvalue weighted by molar-refractivity contribution is -0.0603. The van der Waals surface area contributed by atoms with Crippen LogP contribution in [0.15, 0.2) is 12.3 Å². The lowest BCUT2D eigenvalue weighted by Gasteiger charge is -2.59. The quantitative estimate of drug-likeness (QED) is 0.883. The second kappa shape index (κ2) is 4.62. The third-order valence-corrected chi connectivity index (χ3v) is 6.46. The Hall–Kier alpha value is -1.25. The molecule has 0 spiro atoms. The Bertz CT molecular complexity index is 516. The Morgan fingerprint density at radius 2 is 1.76 bits per heavy atom. The topological polar surface area (TPSA) is 50.9 Å². The summed E-state index contributed by atoms with van der Waals surface area (Å²) in [6.07, 6.45) is 10.6. The Balaban J connectivity index is 1.56. The molecule has 4 aliphatic carbocycles. The van der Waals surface area contributed by atoms with Gasteiger partial charge in [0.25, 0.3) is 0 Å². The number of nitrogen functional groups attached to an aromatic ring is 1. The van der Waals surface area contributed by atoms with Crippen molar-refractivity contribution in [3.8, 4) is 0 Å². The van der Waals surface area contributed by atoms with Crippen LogP contribution in [0.2, 0.25) is 0 Å². The van der Waals surface area contributed by atoms with E-state index in [4.69, 9.17) is 5.73 Å². The summed E-state index contributed by atoms with van der Waals surface area (Å²) >= 11 is 0. The largest absolute Gasteiger partial charge is 0.397 e. The van der Waals surface area contributed by atoms with Gasteiger partial charge in [-0.25, -0.2) is 4.98 Å². The molecule has 3 heteroatoms. The van der Waals surface area contributed by atoms with Crippen molar-refractivity contribution in [2.75, 3.05) is 11.1 Å². The molecule has 1 atom stereocenters. The van der Waals surface area contributed by atoms with E-state index in [1.807, 2.05) is 6.07 Å². The summed E-state index contributed by atoms with van der Waals surface area (Å²) in [4.78, 5) is 4.51. The van der Waals surface area contributed by atoms with Gasteiger partial charge in [0.1, 0.15) is 5.82 Å². The number of anilines is 2. The zero-order valence-corrected chi connectivity index (χ0v) is 13.2. The van der Waals surface area contributed by atoms with Crippen LogP contribution in [0.5, 0.6) is 0 Å². The number of nitrogens with zero attached hydrogens (tertiary/aromatic N) is 1. The maximum absolute atomic E-state index is 5.81. The Morgan fingerprint density at radius 1 is 1.19 bits per heavy atom. The van der Waals surface area contributed by atoms with E-state index in [-0.39, 0.29) is 0 Å². The van der Waals surface area contributed by atoms with Crippen molar-refractivity contribution in [2.45, 2.75) is 58.4 Å². The highest BCUT2D eigenvalue weighted by atomic mass is 15.0. The van der Waals surface area contributed by atoms with Gasteiger partial charge in [0.05, 0.1) is 11.9 Å². The SMILES string of the molecule is Cc1cc(N)cnc1NC(C)C12CC3CC(CC(C3)C1)C2. The molecule has 4 saturated carbocycles. The number of nitrogens with one attached hydrogen (secondary N) is 1. The van der Waals surface area contributed by atoms with E-state index in [0.717, 1.165) is 34.8 Å². The summed E-state index contributed by atoms with van der Waals surface area (Å²) in [7, 11) is 0. The van der Waals surface area contributed by atoms with Crippen LogP contribution in [0, 0.1) is 30.1 Å². The molecule has 1 heterocycles. The molecule has 3 N–H and O–H groups in total. The average molecular weight is 285 g/mol. The fourth-order valence-corrected chi connectivity index (χ4v) is 5.81. The van der Waals surface area contributed by atoms with Gasteiger partial charge in [-0.1, -0.05) is 0 Å². The molecule has 4 bridgehead atoms. The molecule has 21 heavy (non-hydrogen) atoms. The van der Waals surface area contributed by atoms with Gasteiger partial charge in [-0.15, -0.1) is 0 Å². The molecule has 0 aliphatic heterocycles. The molecular weight excluding hydrogens is 258 g/mol. The number of rotatable bonds is 3. The van der Waals surface area contributed by atoms with Gasteiger partial charge in [-0.2, -0.15) is 0 Å². The molecule has 1 aromatic rings. The van der Waals surface area contributed by atoms with Crippen LogP contribution >= 0.6 is 0 Å². The van der Waals surface area contributed by atoms with E-state index in [0.29, 0.717) is 11.5 Å². The molecule has 0 saturated heterocycles. The summed E-state index contributed by atoms with van der Waals surface area (Å²) in [5, 5.41) is 3.73. The van der Waals surface area contributed by atoms with E-state index >= 15 is 0 Å². The zero-order valence-electron chi connectivity index (χ0n) is 13.2. The van der Waals surface area contributed by atoms with Crippen molar-refractivity contribution in [3.05, 3.63) is 17.8 Å². The van der Waals surface area contributed by atoms with Crippen molar-refractivity contribution >= 4 is 11.5 Å². The standard InChI is InChI=1S/C18H27N3/c1-11-3-16(19)10-20-17(11)21-12(2)18-7-13-4-14(8-18)6-15(5-13)9-18/h3,10,12-15H,4-9,19H2,1-2H3,(H,20,21). The molecule has 0 radical (unpaired) electrons. The average Bonchev–Trinajstić information content (AvgIpc) is 2.40. The molecule has 1 aromatic heterocycles. The van der Waals surface area contributed by atoms with E-state index in [9.17, 15) is 0 Å². The molecule has 1 unspecified atom stereocenters. The van der Waals surface area contributed by atoms with Crippen molar-refractivity contribution in [2.24, 2.45) is 23.2 Å². The van der Waals surface area contributed by atoms with Gasteiger partial charge in [0, 0.05) is 6.04 Å². The van der Waals surface area contributed by atoms with Crippen LogP contribution in [0.4, 0.5) is 11.5 Å². The summed E-state index contributed by atoms with van der Waals surface area (Å²) in [6, 6.07) is 2.53. The monoisotopic (exact) mass is 285 g/mol. The summed E-state index contributed by atoms with van der Waals surface area (Å²) < 4.78 is 0. The van der Waals surface area contributed by atoms with Gasteiger partial charge in [-0.3, -0.25) is 0 Å². The van der Waals surface area contributed by atoms with Crippen LogP contribution in [-0.4, -0.2) is 11.0 Å². The van der Waals surface area contributed by atoms with Crippen molar-refractivity contribution in [1.82, 2.24) is 4.98 Å². The number of aryl methyl sites for hydroxylation is 1.